The molecule has 0 radical (unpaired) electrons. The Morgan fingerprint density at radius 3 is 2.15 bits per heavy atom. The van der Waals surface area contributed by atoms with Crippen molar-refractivity contribution in [3.05, 3.63) is 0 Å². The minimum atomic E-state index is -4.12. The number of ether oxygens (including phenoxy) is 1. The first kappa shape index (κ1) is 24.3. The third kappa shape index (κ3) is 14.7. The second-order valence-electron chi connectivity index (χ2n) is 7.71. The number of guanidine groups is 1. The predicted octanol–water partition coefficient (Wildman–Crippen LogP) is 3.58. The maximum absolute atomic E-state index is 12.1. The van der Waals surface area contributed by atoms with Crippen molar-refractivity contribution in [1.82, 2.24) is 16.0 Å². The van der Waals surface area contributed by atoms with Gasteiger partial charge in [0, 0.05) is 19.5 Å². The van der Waals surface area contributed by atoms with Gasteiger partial charge in [0.05, 0.1) is 12.1 Å². The van der Waals surface area contributed by atoms with Crippen LogP contribution in [-0.4, -0.2) is 49.0 Å². The standard InChI is InChI=1S/C17H33F3N4O2/c1-7-21-13(22-11-9-8-10-17(18,19)20)23-12-16(5,6)24-14(25)26-15(2,3)4/h7-12H2,1-6H3,(H,24,25)(H2,21,22,23). The summed E-state index contributed by atoms with van der Waals surface area (Å²) in [6.45, 7) is 12.2. The van der Waals surface area contributed by atoms with E-state index in [9.17, 15) is 18.0 Å². The molecule has 0 aliphatic heterocycles. The van der Waals surface area contributed by atoms with Gasteiger partial charge in [-0.3, -0.25) is 4.99 Å². The number of amides is 1. The average Bonchev–Trinajstić information content (AvgIpc) is 2.40. The molecule has 0 saturated carbocycles. The number of carbonyl (C=O) groups excluding carboxylic acids is 1. The fourth-order valence-electron chi connectivity index (χ4n) is 1.90. The van der Waals surface area contributed by atoms with Gasteiger partial charge in [0.1, 0.15) is 5.60 Å². The van der Waals surface area contributed by atoms with Gasteiger partial charge >= 0.3 is 12.3 Å². The molecule has 9 heteroatoms. The highest BCUT2D eigenvalue weighted by molar-refractivity contribution is 5.79. The molecule has 3 N–H and O–H groups in total. The lowest BCUT2D eigenvalue weighted by Crippen LogP contribution is -2.49. The molecule has 0 aromatic carbocycles. The van der Waals surface area contributed by atoms with Crippen molar-refractivity contribution in [1.29, 1.82) is 0 Å². The molecule has 0 aliphatic rings. The number of nitrogens with zero attached hydrogens (tertiary/aromatic N) is 1. The van der Waals surface area contributed by atoms with Crippen LogP contribution in [0.25, 0.3) is 0 Å². The van der Waals surface area contributed by atoms with Crippen LogP contribution in [0.3, 0.4) is 0 Å². The molecule has 0 unspecified atom stereocenters. The Morgan fingerprint density at radius 1 is 1.04 bits per heavy atom. The van der Waals surface area contributed by atoms with Crippen LogP contribution < -0.4 is 16.0 Å². The first-order chi connectivity index (χ1) is 11.7. The smallest absolute Gasteiger partial charge is 0.408 e. The molecule has 0 aliphatic carbocycles. The van der Waals surface area contributed by atoms with Gasteiger partial charge in [0.15, 0.2) is 5.96 Å². The van der Waals surface area contributed by atoms with E-state index in [-0.39, 0.29) is 13.0 Å². The SMILES string of the molecule is CCNC(=NCC(C)(C)NC(=O)OC(C)(C)C)NCCCCC(F)(F)F. The Balaban J connectivity index is 4.45. The lowest BCUT2D eigenvalue weighted by Gasteiger charge is -2.27. The van der Waals surface area contributed by atoms with E-state index in [1.807, 2.05) is 20.8 Å². The molecule has 0 atom stereocenters. The molecular formula is C17H33F3N4O2. The number of hydrogen-bond donors (Lipinski definition) is 3. The van der Waals surface area contributed by atoms with Crippen molar-refractivity contribution in [2.75, 3.05) is 19.6 Å². The summed E-state index contributed by atoms with van der Waals surface area (Å²) < 4.78 is 41.6. The maximum atomic E-state index is 12.1. The lowest BCUT2D eigenvalue weighted by molar-refractivity contribution is -0.135. The van der Waals surface area contributed by atoms with Crippen molar-refractivity contribution in [3.8, 4) is 0 Å². The highest BCUT2D eigenvalue weighted by Gasteiger charge is 2.26. The Bertz CT molecular complexity index is 458. The molecule has 0 heterocycles. The first-order valence-electron chi connectivity index (χ1n) is 8.84. The van der Waals surface area contributed by atoms with E-state index in [1.165, 1.54) is 0 Å². The fraction of sp³-hybridized carbons (Fsp3) is 0.882. The molecule has 26 heavy (non-hydrogen) atoms. The van der Waals surface area contributed by atoms with Crippen LogP contribution in [0, 0.1) is 0 Å². The Kier molecular flexibility index (Phi) is 9.80. The molecule has 6 nitrogen and oxygen atoms in total. The van der Waals surface area contributed by atoms with Crippen molar-refractivity contribution in [2.45, 2.75) is 78.1 Å². The second-order valence-corrected chi connectivity index (χ2v) is 7.71. The molecule has 0 aromatic rings. The predicted molar refractivity (Wildman–Crippen MR) is 97.3 cm³/mol. The Morgan fingerprint density at radius 2 is 1.65 bits per heavy atom. The van der Waals surface area contributed by atoms with Crippen molar-refractivity contribution in [3.63, 3.8) is 0 Å². The van der Waals surface area contributed by atoms with E-state index >= 15 is 0 Å². The zero-order valence-corrected chi connectivity index (χ0v) is 16.6. The number of rotatable bonds is 8. The number of carbonyl (C=O) groups is 1. The van der Waals surface area contributed by atoms with Gasteiger partial charge in [-0.2, -0.15) is 13.2 Å². The first-order valence-corrected chi connectivity index (χ1v) is 8.84. The second kappa shape index (κ2) is 10.5. The Labute approximate surface area is 154 Å². The van der Waals surface area contributed by atoms with Crippen LogP contribution in [0.4, 0.5) is 18.0 Å². The summed E-state index contributed by atoms with van der Waals surface area (Å²) in [5, 5.41) is 8.78. The summed E-state index contributed by atoms with van der Waals surface area (Å²) in [6, 6.07) is 0. The van der Waals surface area contributed by atoms with E-state index in [2.05, 4.69) is 20.9 Å². The van der Waals surface area contributed by atoms with E-state index in [0.717, 1.165) is 0 Å². The maximum Gasteiger partial charge on any atom is 0.408 e. The van der Waals surface area contributed by atoms with Crippen LogP contribution in [0.2, 0.25) is 0 Å². The molecule has 0 fully saturated rings. The van der Waals surface area contributed by atoms with E-state index < -0.39 is 29.8 Å². The molecule has 0 bridgehead atoms. The monoisotopic (exact) mass is 382 g/mol. The number of alkyl halides is 3. The van der Waals surface area contributed by atoms with Gasteiger partial charge in [-0.25, -0.2) is 4.79 Å². The summed E-state index contributed by atoms with van der Waals surface area (Å²) in [6.07, 6.45) is -4.96. The highest BCUT2D eigenvalue weighted by atomic mass is 19.4. The molecule has 154 valence electrons. The van der Waals surface area contributed by atoms with Crippen LogP contribution in [-0.2, 0) is 4.74 Å². The molecule has 0 aromatic heterocycles. The molecule has 0 saturated heterocycles. The van der Waals surface area contributed by atoms with Crippen molar-refractivity contribution in [2.24, 2.45) is 4.99 Å². The van der Waals surface area contributed by atoms with Crippen molar-refractivity contribution < 1.29 is 22.7 Å². The fourth-order valence-corrected chi connectivity index (χ4v) is 1.90. The van der Waals surface area contributed by atoms with Gasteiger partial charge in [0.25, 0.3) is 0 Å². The zero-order valence-electron chi connectivity index (χ0n) is 16.6. The van der Waals surface area contributed by atoms with Gasteiger partial charge in [-0.15, -0.1) is 0 Å². The third-order valence-electron chi connectivity index (χ3n) is 3.00. The third-order valence-corrected chi connectivity index (χ3v) is 3.00. The zero-order chi connectivity index (χ0) is 20.4. The lowest BCUT2D eigenvalue weighted by atomic mass is 10.1. The van der Waals surface area contributed by atoms with Crippen LogP contribution in [0.15, 0.2) is 4.99 Å². The van der Waals surface area contributed by atoms with Gasteiger partial charge < -0.3 is 20.7 Å². The molecule has 1 amide bonds. The Hall–Kier alpha value is -1.67. The molecule has 0 rings (SSSR count). The topological polar surface area (TPSA) is 74.8 Å². The average molecular weight is 382 g/mol. The van der Waals surface area contributed by atoms with E-state index in [4.69, 9.17) is 4.74 Å². The summed E-state index contributed by atoms with van der Waals surface area (Å²) in [4.78, 5) is 16.2. The van der Waals surface area contributed by atoms with E-state index in [0.29, 0.717) is 25.5 Å². The largest absolute Gasteiger partial charge is 0.444 e. The molecule has 0 spiro atoms. The van der Waals surface area contributed by atoms with E-state index in [1.54, 1.807) is 20.8 Å². The summed E-state index contributed by atoms with van der Waals surface area (Å²) in [7, 11) is 0. The number of unbranched alkanes of at least 4 members (excludes halogenated alkanes) is 1. The summed E-state index contributed by atoms with van der Waals surface area (Å²) >= 11 is 0. The van der Waals surface area contributed by atoms with Crippen molar-refractivity contribution >= 4 is 12.1 Å². The normalized spacial score (nSPS) is 13.3. The summed E-state index contributed by atoms with van der Waals surface area (Å²) in [5.41, 5.74) is -1.22. The number of aliphatic imine (C=N–C) groups is 1. The van der Waals surface area contributed by atoms with Crippen LogP contribution in [0.5, 0.6) is 0 Å². The van der Waals surface area contributed by atoms with Crippen LogP contribution in [0.1, 0.15) is 60.8 Å². The van der Waals surface area contributed by atoms with Crippen LogP contribution >= 0.6 is 0 Å². The number of halogens is 3. The quantitative estimate of drug-likeness (QED) is 0.341. The highest BCUT2D eigenvalue weighted by Crippen LogP contribution is 2.21. The minimum Gasteiger partial charge on any atom is -0.444 e. The molecular weight excluding hydrogens is 349 g/mol. The van der Waals surface area contributed by atoms with Gasteiger partial charge in [-0.05, 0) is 54.4 Å². The number of hydrogen-bond acceptors (Lipinski definition) is 3. The minimum absolute atomic E-state index is 0.0710. The van der Waals surface area contributed by atoms with Gasteiger partial charge in [-0.1, -0.05) is 0 Å². The number of alkyl carbamates (subject to hydrolysis) is 1. The number of nitrogens with one attached hydrogen (secondary N) is 3. The van der Waals surface area contributed by atoms with Gasteiger partial charge in [0.2, 0.25) is 0 Å². The summed E-state index contributed by atoms with van der Waals surface area (Å²) in [5.74, 6) is 0.499.